The van der Waals surface area contributed by atoms with Gasteiger partial charge in [-0.25, -0.2) is 0 Å². The predicted octanol–water partition coefficient (Wildman–Crippen LogP) is 0.852. The van der Waals surface area contributed by atoms with E-state index in [2.05, 4.69) is 6.07 Å². The van der Waals surface area contributed by atoms with Gasteiger partial charge in [0.25, 0.3) is 0 Å². The van der Waals surface area contributed by atoms with Crippen molar-refractivity contribution in [2.24, 2.45) is 5.73 Å². The van der Waals surface area contributed by atoms with Gasteiger partial charge in [-0.2, -0.15) is 0 Å². The van der Waals surface area contributed by atoms with Crippen LogP contribution in [0.3, 0.4) is 0 Å². The summed E-state index contributed by atoms with van der Waals surface area (Å²) < 4.78 is 1.98. The highest BCUT2D eigenvalue weighted by atomic mass is 16.1. The second-order valence-corrected chi connectivity index (χ2v) is 3.59. The van der Waals surface area contributed by atoms with E-state index in [1.54, 1.807) is 0 Å². The predicted molar refractivity (Wildman–Crippen MR) is 50.3 cm³/mol. The average Bonchev–Trinajstić information content (AvgIpc) is 2.48. The summed E-state index contributed by atoms with van der Waals surface area (Å²) in [4.78, 5) is 10.8. The van der Waals surface area contributed by atoms with E-state index >= 15 is 0 Å². The number of primary amides is 1. The molecule has 13 heavy (non-hydrogen) atoms. The summed E-state index contributed by atoms with van der Waals surface area (Å²) in [5.41, 5.74) is 7.86. The maximum Gasteiger partial charge on any atom is 0.237 e. The Morgan fingerprint density at radius 1 is 1.46 bits per heavy atom. The van der Waals surface area contributed by atoms with Crippen LogP contribution in [0.1, 0.15) is 24.1 Å². The van der Waals surface area contributed by atoms with E-state index in [0.717, 1.165) is 12.8 Å². The number of aromatic nitrogens is 1. The van der Waals surface area contributed by atoms with Crippen LogP contribution in [0.5, 0.6) is 0 Å². The van der Waals surface area contributed by atoms with Crippen molar-refractivity contribution in [2.75, 3.05) is 0 Å². The standard InChI is InChI=1S/C10H14N2O/c11-10(13)7-12-6-5-8-3-1-2-4-9(8)12/h5-6H,1-4,7H2,(H2,11,13). The summed E-state index contributed by atoms with van der Waals surface area (Å²) in [6.45, 7) is 0.329. The molecule has 0 saturated carbocycles. The van der Waals surface area contributed by atoms with Crippen LogP contribution < -0.4 is 5.73 Å². The minimum Gasteiger partial charge on any atom is -0.368 e. The van der Waals surface area contributed by atoms with Crippen LogP contribution >= 0.6 is 0 Å². The molecule has 0 aromatic carbocycles. The van der Waals surface area contributed by atoms with E-state index < -0.39 is 0 Å². The number of aryl methyl sites for hydroxylation is 1. The third-order valence-electron chi connectivity index (χ3n) is 2.61. The Balaban J connectivity index is 2.26. The van der Waals surface area contributed by atoms with Crippen molar-refractivity contribution in [2.45, 2.75) is 32.2 Å². The van der Waals surface area contributed by atoms with Crippen LogP contribution in [0.4, 0.5) is 0 Å². The quantitative estimate of drug-likeness (QED) is 0.717. The zero-order chi connectivity index (χ0) is 9.26. The second-order valence-electron chi connectivity index (χ2n) is 3.59. The number of carbonyl (C=O) groups excluding carboxylic acids is 1. The molecule has 1 heterocycles. The van der Waals surface area contributed by atoms with Gasteiger partial charge in [-0.15, -0.1) is 0 Å². The van der Waals surface area contributed by atoms with Gasteiger partial charge in [-0.3, -0.25) is 4.79 Å². The molecule has 1 aliphatic carbocycles. The number of nitrogens with two attached hydrogens (primary N) is 1. The van der Waals surface area contributed by atoms with Gasteiger partial charge >= 0.3 is 0 Å². The minimum atomic E-state index is -0.260. The van der Waals surface area contributed by atoms with Crippen molar-refractivity contribution in [3.05, 3.63) is 23.5 Å². The molecule has 2 rings (SSSR count). The molecule has 0 radical (unpaired) electrons. The Labute approximate surface area is 77.5 Å². The normalized spacial score (nSPS) is 15.4. The molecule has 1 aromatic heterocycles. The fourth-order valence-electron chi connectivity index (χ4n) is 2.01. The third-order valence-corrected chi connectivity index (χ3v) is 2.61. The largest absolute Gasteiger partial charge is 0.368 e. The van der Waals surface area contributed by atoms with Gasteiger partial charge in [-0.1, -0.05) is 0 Å². The van der Waals surface area contributed by atoms with Crippen molar-refractivity contribution in [3.63, 3.8) is 0 Å². The van der Waals surface area contributed by atoms with Crippen molar-refractivity contribution in [1.29, 1.82) is 0 Å². The molecule has 1 aromatic rings. The SMILES string of the molecule is NC(=O)Cn1ccc2c1CCCC2. The zero-order valence-electron chi connectivity index (χ0n) is 7.62. The smallest absolute Gasteiger partial charge is 0.237 e. The molecule has 0 unspecified atom stereocenters. The summed E-state index contributed by atoms with van der Waals surface area (Å²) in [5, 5.41) is 0. The Hall–Kier alpha value is -1.25. The van der Waals surface area contributed by atoms with Gasteiger partial charge in [0.1, 0.15) is 6.54 Å². The topological polar surface area (TPSA) is 48.0 Å². The lowest BCUT2D eigenvalue weighted by atomic mass is 9.98. The monoisotopic (exact) mass is 178 g/mol. The van der Waals surface area contributed by atoms with Gasteiger partial charge in [-0.05, 0) is 37.3 Å². The first-order valence-corrected chi connectivity index (χ1v) is 4.72. The molecule has 0 spiro atoms. The van der Waals surface area contributed by atoms with Gasteiger partial charge in [0, 0.05) is 11.9 Å². The van der Waals surface area contributed by atoms with Gasteiger partial charge < -0.3 is 10.3 Å². The van der Waals surface area contributed by atoms with Crippen molar-refractivity contribution >= 4 is 5.91 Å². The minimum absolute atomic E-state index is 0.260. The van der Waals surface area contributed by atoms with Crippen LogP contribution in [0, 0.1) is 0 Å². The zero-order valence-corrected chi connectivity index (χ0v) is 7.62. The number of nitrogens with zero attached hydrogens (tertiary/aromatic N) is 1. The Kier molecular flexibility index (Phi) is 2.08. The average molecular weight is 178 g/mol. The lowest BCUT2D eigenvalue weighted by molar-refractivity contribution is -0.118. The van der Waals surface area contributed by atoms with Crippen molar-refractivity contribution in [1.82, 2.24) is 4.57 Å². The molecule has 0 atom stereocenters. The molecule has 0 aliphatic heterocycles. The molecule has 2 N–H and O–H groups in total. The third kappa shape index (κ3) is 1.59. The Morgan fingerprint density at radius 2 is 2.23 bits per heavy atom. The first-order chi connectivity index (χ1) is 6.27. The van der Waals surface area contributed by atoms with Gasteiger partial charge in [0.05, 0.1) is 0 Å². The van der Waals surface area contributed by atoms with Gasteiger partial charge in [0.2, 0.25) is 5.91 Å². The summed E-state index contributed by atoms with van der Waals surface area (Å²) >= 11 is 0. The molecular weight excluding hydrogens is 164 g/mol. The number of rotatable bonds is 2. The lowest BCUT2D eigenvalue weighted by Gasteiger charge is -2.14. The van der Waals surface area contributed by atoms with Crippen molar-refractivity contribution in [3.8, 4) is 0 Å². The van der Waals surface area contributed by atoms with Crippen LogP contribution in [0.2, 0.25) is 0 Å². The van der Waals surface area contributed by atoms with E-state index in [0.29, 0.717) is 6.54 Å². The number of hydrogen-bond acceptors (Lipinski definition) is 1. The summed E-state index contributed by atoms with van der Waals surface area (Å²) in [6.07, 6.45) is 6.72. The molecule has 1 aliphatic rings. The van der Waals surface area contributed by atoms with E-state index in [4.69, 9.17) is 5.73 Å². The molecule has 0 fully saturated rings. The van der Waals surface area contributed by atoms with Crippen LogP contribution in [0.25, 0.3) is 0 Å². The maximum absolute atomic E-state index is 10.8. The molecule has 3 heteroatoms. The highest BCUT2D eigenvalue weighted by Crippen LogP contribution is 2.21. The van der Waals surface area contributed by atoms with Crippen LogP contribution in [-0.4, -0.2) is 10.5 Å². The van der Waals surface area contributed by atoms with Gasteiger partial charge in [0.15, 0.2) is 0 Å². The van der Waals surface area contributed by atoms with Crippen molar-refractivity contribution < 1.29 is 4.79 Å². The highest BCUT2D eigenvalue weighted by Gasteiger charge is 2.13. The maximum atomic E-state index is 10.8. The van der Waals surface area contributed by atoms with Crippen LogP contribution in [-0.2, 0) is 24.2 Å². The van der Waals surface area contributed by atoms with Crippen LogP contribution in [0.15, 0.2) is 12.3 Å². The highest BCUT2D eigenvalue weighted by molar-refractivity contribution is 5.73. The first kappa shape index (κ1) is 8.35. The summed E-state index contributed by atoms with van der Waals surface area (Å²) in [6, 6.07) is 2.11. The Morgan fingerprint density at radius 3 is 3.00 bits per heavy atom. The molecule has 1 amide bonds. The number of amides is 1. The number of carbonyl (C=O) groups is 1. The molecule has 3 nitrogen and oxygen atoms in total. The second kappa shape index (κ2) is 3.24. The summed E-state index contributed by atoms with van der Waals surface area (Å²) in [5.74, 6) is -0.260. The molecule has 70 valence electrons. The lowest BCUT2D eigenvalue weighted by Crippen LogP contribution is -2.20. The fourth-order valence-corrected chi connectivity index (χ4v) is 2.01. The first-order valence-electron chi connectivity index (χ1n) is 4.72. The molecular formula is C10H14N2O. The number of fused-ring (bicyclic) bond motifs is 1. The summed E-state index contributed by atoms with van der Waals surface area (Å²) in [7, 11) is 0. The number of hydrogen-bond donors (Lipinski definition) is 1. The Bertz CT molecular complexity index is 328. The van der Waals surface area contributed by atoms with E-state index in [1.165, 1.54) is 24.1 Å². The fraction of sp³-hybridized carbons (Fsp3) is 0.500. The molecule has 0 saturated heterocycles. The van der Waals surface area contributed by atoms with E-state index in [9.17, 15) is 4.79 Å². The van der Waals surface area contributed by atoms with E-state index in [-0.39, 0.29) is 5.91 Å². The molecule has 0 bridgehead atoms. The van der Waals surface area contributed by atoms with E-state index in [1.807, 2.05) is 10.8 Å².